The summed E-state index contributed by atoms with van der Waals surface area (Å²) >= 11 is 0. The second-order valence-electron chi connectivity index (χ2n) is 5.71. The number of benzene rings is 1. The predicted molar refractivity (Wildman–Crippen MR) is 103 cm³/mol. The van der Waals surface area contributed by atoms with E-state index in [0.717, 1.165) is 31.7 Å². The van der Waals surface area contributed by atoms with Crippen molar-refractivity contribution in [2.75, 3.05) is 36.9 Å². The van der Waals surface area contributed by atoms with E-state index in [9.17, 15) is 4.79 Å². The van der Waals surface area contributed by atoms with Gasteiger partial charge in [0.2, 0.25) is 5.91 Å². The lowest BCUT2D eigenvalue weighted by Crippen LogP contribution is -2.24. The minimum atomic E-state index is 0. The van der Waals surface area contributed by atoms with E-state index in [-0.39, 0.29) is 30.7 Å². The summed E-state index contributed by atoms with van der Waals surface area (Å²) in [5, 5.41) is 6.06. The average molecular weight is 362 g/mol. The van der Waals surface area contributed by atoms with Gasteiger partial charge >= 0.3 is 0 Å². The third-order valence-corrected chi connectivity index (χ3v) is 3.93. The lowest BCUT2D eigenvalue weighted by atomic mass is 10.2. The Morgan fingerprint density at radius 3 is 2.48 bits per heavy atom. The van der Waals surface area contributed by atoms with Gasteiger partial charge in [0.15, 0.2) is 0 Å². The summed E-state index contributed by atoms with van der Waals surface area (Å²) in [6.45, 7) is 3.13. The van der Waals surface area contributed by atoms with E-state index in [1.165, 1.54) is 31.4 Å². The molecule has 0 spiro atoms. The van der Waals surface area contributed by atoms with Gasteiger partial charge in [0, 0.05) is 30.9 Å². The van der Waals surface area contributed by atoms with Crippen LogP contribution in [0.1, 0.15) is 38.5 Å². The highest BCUT2D eigenvalue weighted by Gasteiger charge is 2.10. The van der Waals surface area contributed by atoms with Crippen LogP contribution < -0.4 is 15.5 Å². The molecule has 0 aromatic heterocycles. The summed E-state index contributed by atoms with van der Waals surface area (Å²) in [7, 11) is 1.91. The van der Waals surface area contributed by atoms with Crippen molar-refractivity contribution < 1.29 is 4.79 Å². The summed E-state index contributed by atoms with van der Waals surface area (Å²) in [6, 6.07) is 8.24. The first kappa shape index (κ1) is 22.0. The molecule has 1 aromatic carbocycles. The van der Waals surface area contributed by atoms with Crippen LogP contribution in [0.3, 0.4) is 0 Å². The maximum atomic E-state index is 11.9. The largest absolute Gasteiger partial charge is 0.371 e. The molecule has 0 aliphatic carbocycles. The Bertz CT molecular complexity index is 449. The van der Waals surface area contributed by atoms with Crippen molar-refractivity contribution in [1.29, 1.82) is 0 Å². The van der Waals surface area contributed by atoms with Gasteiger partial charge in [-0.05, 0) is 51.1 Å². The molecular formula is C17H29Cl2N3O. The van der Waals surface area contributed by atoms with Gasteiger partial charge in [0.1, 0.15) is 0 Å². The molecule has 1 amide bonds. The van der Waals surface area contributed by atoms with Crippen LogP contribution in [0.15, 0.2) is 24.3 Å². The Morgan fingerprint density at radius 2 is 1.83 bits per heavy atom. The zero-order valence-corrected chi connectivity index (χ0v) is 15.5. The van der Waals surface area contributed by atoms with E-state index >= 15 is 0 Å². The van der Waals surface area contributed by atoms with Crippen LogP contribution in [0, 0.1) is 0 Å². The Labute approximate surface area is 152 Å². The van der Waals surface area contributed by atoms with Crippen molar-refractivity contribution in [2.45, 2.75) is 38.5 Å². The standard InChI is InChI=1S/C17H27N3O.2ClH/c1-18-11-7-10-17(21)19-15-8-6-9-16(14-15)20-12-4-2-3-5-13-20;;/h6,8-9,14,18H,2-5,7,10-13H2,1H3,(H,19,21);2*1H. The van der Waals surface area contributed by atoms with Crippen LogP contribution in [0.25, 0.3) is 0 Å². The number of anilines is 2. The van der Waals surface area contributed by atoms with Crippen molar-refractivity contribution >= 4 is 42.1 Å². The van der Waals surface area contributed by atoms with E-state index in [2.05, 4.69) is 27.7 Å². The lowest BCUT2D eigenvalue weighted by Gasteiger charge is -2.23. The van der Waals surface area contributed by atoms with Crippen molar-refractivity contribution in [3.63, 3.8) is 0 Å². The SMILES string of the molecule is CNCCCC(=O)Nc1cccc(N2CCCCCC2)c1.Cl.Cl. The van der Waals surface area contributed by atoms with Crippen molar-refractivity contribution in [3.05, 3.63) is 24.3 Å². The number of amides is 1. The van der Waals surface area contributed by atoms with Gasteiger partial charge in [-0.25, -0.2) is 0 Å². The van der Waals surface area contributed by atoms with Crippen LogP contribution in [-0.2, 0) is 4.79 Å². The van der Waals surface area contributed by atoms with E-state index in [1.807, 2.05) is 19.2 Å². The first-order chi connectivity index (χ1) is 10.3. The lowest BCUT2D eigenvalue weighted by molar-refractivity contribution is -0.116. The summed E-state index contributed by atoms with van der Waals surface area (Å²) in [6.07, 6.45) is 6.63. The fourth-order valence-electron chi connectivity index (χ4n) is 2.76. The molecule has 6 heteroatoms. The number of carbonyl (C=O) groups excluding carboxylic acids is 1. The molecule has 2 rings (SSSR count). The van der Waals surface area contributed by atoms with Gasteiger partial charge in [0.05, 0.1) is 0 Å². The quantitative estimate of drug-likeness (QED) is 0.756. The van der Waals surface area contributed by atoms with Crippen molar-refractivity contribution in [2.24, 2.45) is 0 Å². The van der Waals surface area contributed by atoms with Crippen LogP contribution in [-0.4, -0.2) is 32.6 Å². The summed E-state index contributed by atoms with van der Waals surface area (Å²) in [5.74, 6) is 0.0956. The number of halogens is 2. The molecule has 0 atom stereocenters. The third-order valence-electron chi connectivity index (χ3n) is 3.93. The second-order valence-corrected chi connectivity index (χ2v) is 5.71. The molecule has 1 aliphatic heterocycles. The number of nitrogens with zero attached hydrogens (tertiary/aromatic N) is 1. The summed E-state index contributed by atoms with van der Waals surface area (Å²) in [5.41, 5.74) is 2.14. The molecule has 1 aromatic rings. The Balaban J connectivity index is 0.00000242. The highest BCUT2D eigenvalue weighted by atomic mass is 35.5. The fraction of sp³-hybridized carbons (Fsp3) is 0.588. The molecule has 1 saturated heterocycles. The number of rotatable bonds is 6. The molecule has 132 valence electrons. The van der Waals surface area contributed by atoms with Gasteiger partial charge in [-0.1, -0.05) is 18.9 Å². The van der Waals surface area contributed by atoms with Gasteiger partial charge in [-0.15, -0.1) is 24.8 Å². The molecule has 23 heavy (non-hydrogen) atoms. The average Bonchev–Trinajstić information content (AvgIpc) is 2.77. The molecule has 0 unspecified atom stereocenters. The smallest absolute Gasteiger partial charge is 0.224 e. The molecule has 2 N–H and O–H groups in total. The van der Waals surface area contributed by atoms with Gasteiger partial charge in [0.25, 0.3) is 0 Å². The van der Waals surface area contributed by atoms with Gasteiger partial charge < -0.3 is 15.5 Å². The van der Waals surface area contributed by atoms with E-state index < -0.39 is 0 Å². The normalized spacial score (nSPS) is 14.2. The first-order valence-electron chi connectivity index (χ1n) is 8.09. The van der Waals surface area contributed by atoms with Crippen molar-refractivity contribution in [3.8, 4) is 0 Å². The topological polar surface area (TPSA) is 44.4 Å². The Hall–Kier alpha value is -0.970. The first-order valence-corrected chi connectivity index (χ1v) is 8.09. The number of nitrogens with one attached hydrogen (secondary N) is 2. The minimum absolute atomic E-state index is 0. The van der Waals surface area contributed by atoms with Crippen LogP contribution in [0.2, 0.25) is 0 Å². The molecule has 0 radical (unpaired) electrons. The molecular weight excluding hydrogens is 333 g/mol. The van der Waals surface area contributed by atoms with E-state index in [1.54, 1.807) is 0 Å². The Morgan fingerprint density at radius 1 is 1.13 bits per heavy atom. The molecule has 0 bridgehead atoms. The van der Waals surface area contributed by atoms with E-state index in [4.69, 9.17) is 0 Å². The van der Waals surface area contributed by atoms with Crippen LogP contribution in [0.4, 0.5) is 11.4 Å². The monoisotopic (exact) mass is 361 g/mol. The summed E-state index contributed by atoms with van der Waals surface area (Å²) < 4.78 is 0. The fourth-order valence-corrected chi connectivity index (χ4v) is 2.76. The zero-order chi connectivity index (χ0) is 14.9. The van der Waals surface area contributed by atoms with E-state index in [0.29, 0.717) is 6.42 Å². The van der Waals surface area contributed by atoms with Crippen LogP contribution in [0.5, 0.6) is 0 Å². The molecule has 0 saturated carbocycles. The predicted octanol–water partition coefficient (Wildman–Crippen LogP) is 3.85. The van der Waals surface area contributed by atoms with Crippen molar-refractivity contribution in [1.82, 2.24) is 5.32 Å². The molecule has 1 fully saturated rings. The minimum Gasteiger partial charge on any atom is -0.371 e. The van der Waals surface area contributed by atoms with Crippen LogP contribution >= 0.6 is 24.8 Å². The zero-order valence-electron chi connectivity index (χ0n) is 13.8. The highest BCUT2D eigenvalue weighted by molar-refractivity contribution is 5.91. The van der Waals surface area contributed by atoms with Gasteiger partial charge in [-0.2, -0.15) is 0 Å². The Kier molecular flexibility index (Phi) is 11.9. The molecule has 1 aliphatic rings. The second kappa shape index (κ2) is 12.5. The summed E-state index contributed by atoms with van der Waals surface area (Å²) in [4.78, 5) is 14.3. The molecule has 4 nitrogen and oxygen atoms in total. The highest BCUT2D eigenvalue weighted by Crippen LogP contribution is 2.22. The number of hydrogen-bond donors (Lipinski definition) is 2. The number of carbonyl (C=O) groups is 1. The maximum absolute atomic E-state index is 11.9. The van der Waals surface area contributed by atoms with Gasteiger partial charge in [-0.3, -0.25) is 4.79 Å². The number of hydrogen-bond acceptors (Lipinski definition) is 3. The molecule has 1 heterocycles. The third kappa shape index (κ3) is 7.91. The maximum Gasteiger partial charge on any atom is 0.224 e.